The first-order chi connectivity index (χ1) is 23.5. The number of thiophene rings is 1. The molecule has 49 heavy (non-hydrogen) atoms. The molecule has 0 radical (unpaired) electrons. The number of nitrogens with zero attached hydrogens (tertiary/aromatic N) is 5. The number of carbonyl (C=O) groups excluding carboxylic acids is 1. The van der Waals surface area contributed by atoms with E-state index in [2.05, 4.69) is 70.6 Å². The molecule has 0 aliphatic rings. The van der Waals surface area contributed by atoms with E-state index in [9.17, 15) is 18.0 Å². The van der Waals surface area contributed by atoms with Crippen LogP contribution in [0.4, 0.5) is 23.2 Å². The molecule has 252 valence electrons. The fourth-order valence-corrected chi connectivity index (χ4v) is 6.27. The summed E-state index contributed by atoms with van der Waals surface area (Å²) < 4.78 is 64.7. The molecule has 3 aromatic heterocycles. The Morgan fingerprint density at radius 2 is 1.69 bits per heavy atom. The van der Waals surface area contributed by atoms with Crippen LogP contribution in [-0.4, -0.2) is 64.7 Å². The SMILES string of the molecule is CN(C)CCN(C)Cc1ccc(-c2cc3nccc(Oc4ccc(NC(=O)c5cnn(-c6ccccc6)c5C(F)(F)F)cc4F)c3s2)cc1. The van der Waals surface area contributed by atoms with Crippen molar-refractivity contribution in [2.75, 3.05) is 39.5 Å². The fourth-order valence-electron chi connectivity index (χ4n) is 5.20. The van der Waals surface area contributed by atoms with Gasteiger partial charge in [-0.25, -0.2) is 9.07 Å². The Morgan fingerprint density at radius 1 is 0.939 bits per heavy atom. The number of hydrogen-bond acceptors (Lipinski definition) is 7. The number of aromatic nitrogens is 3. The molecule has 0 saturated heterocycles. The third-order valence-electron chi connectivity index (χ3n) is 7.69. The number of halogens is 4. The Balaban J connectivity index is 1.17. The van der Waals surface area contributed by atoms with E-state index >= 15 is 4.39 Å². The quantitative estimate of drug-likeness (QED) is 0.138. The highest BCUT2D eigenvalue weighted by atomic mass is 32.1. The monoisotopic (exact) mass is 688 g/mol. The Hall–Kier alpha value is -5.11. The largest absolute Gasteiger partial charge is 0.453 e. The average molecular weight is 689 g/mol. The van der Waals surface area contributed by atoms with Crippen LogP contribution in [0.15, 0.2) is 97.3 Å². The van der Waals surface area contributed by atoms with Crippen molar-refractivity contribution in [2.45, 2.75) is 12.7 Å². The number of likely N-dealkylation sites (N-methyl/N-ethyl adjacent to an activating group) is 2. The number of para-hydroxylation sites is 1. The van der Waals surface area contributed by atoms with Crippen molar-refractivity contribution in [1.82, 2.24) is 24.6 Å². The molecule has 0 saturated carbocycles. The van der Waals surface area contributed by atoms with Crippen LogP contribution in [0.3, 0.4) is 0 Å². The highest BCUT2D eigenvalue weighted by Crippen LogP contribution is 2.40. The van der Waals surface area contributed by atoms with Gasteiger partial charge in [-0.05, 0) is 62.6 Å². The van der Waals surface area contributed by atoms with E-state index in [0.717, 1.165) is 47.0 Å². The van der Waals surface area contributed by atoms with E-state index in [1.165, 1.54) is 41.2 Å². The molecule has 1 amide bonds. The fraction of sp³-hybridized carbons (Fsp3) is 0.194. The van der Waals surface area contributed by atoms with Crippen LogP contribution in [0.25, 0.3) is 26.3 Å². The molecule has 8 nitrogen and oxygen atoms in total. The van der Waals surface area contributed by atoms with E-state index in [0.29, 0.717) is 15.9 Å². The molecule has 0 bridgehead atoms. The highest BCUT2D eigenvalue weighted by molar-refractivity contribution is 7.22. The first-order valence-corrected chi connectivity index (χ1v) is 16.1. The van der Waals surface area contributed by atoms with Gasteiger partial charge in [-0.1, -0.05) is 42.5 Å². The predicted molar refractivity (Wildman–Crippen MR) is 183 cm³/mol. The summed E-state index contributed by atoms with van der Waals surface area (Å²) in [6, 6.07) is 23.2. The van der Waals surface area contributed by atoms with Gasteiger partial charge in [-0.2, -0.15) is 18.3 Å². The minimum absolute atomic E-state index is 0.0546. The van der Waals surface area contributed by atoms with Gasteiger partial charge < -0.3 is 19.9 Å². The summed E-state index contributed by atoms with van der Waals surface area (Å²) in [4.78, 5) is 22.8. The van der Waals surface area contributed by atoms with Crippen molar-refractivity contribution in [3.63, 3.8) is 0 Å². The summed E-state index contributed by atoms with van der Waals surface area (Å²) in [6.07, 6.45) is -2.48. The molecule has 0 atom stereocenters. The first-order valence-electron chi connectivity index (χ1n) is 15.3. The number of ether oxygens (including phenoxy) is 1. The molecule has 3 heterocycles. The average Bonchev–Trinajstić information content (AvgIpc) is 3.72. The number of amides is 1. The summed E-state index contributed by atoms with van der Waals surface area (Å²) in [6.45, 7) is 2.77. The molecule has 3 aromatic carbocycles. The van der Waals surface area contributed by atoms with Gasteiger partial charge in [0, 0.05) is 48.5 Å². The minimum atomic E-state index is -4.88. The van der Waals surface area contributed by atoms with E-state index < -0.39 is 29.2 Å². The Labute approximate surface area is 284 Å². The summed E-state index contributed by atoms with van der Waals surface area (Å²) in [7, 11) is 6.21. The zero-order valence-corrected chi connectivity index (χ0v) is 27.6. The maximum absolute atomic E-state index is 15.3. The Bertz CT molecular complexity index is 2080. The lowest BCUT2D eigenvalue weighted by Crippen LogP contribution is -2.28. The smallest absolute Gasteiger partial charge is 0.434 e. The van der Waals surface area contributed by atoms with Crippen molar-refractivity contribution < 1.29 is 27.1 Å². The molecular formula is C36H32F4N6O2S. The molecule has 0 aliphatic heterocycles. The number of benzene rings is 3. The maximum Gasteiger partial charge on any atom is 0.434 e. The Morgan fingerprint density at radius 3 is 2.39 bits per heavy atom. The third kappa shape index (κ3) is 7.80. The highest BCUT2D eigenvalue weighted by Gasteiger charge is 2.40. The van der Waals surface area contributed by atoms with Crippen molar-refractivity contribution in [2.24, 2.45) is 0 Å². The van der Waals surface area contributed by atoms with Gasteiger partial charge >= 0.3 is 6.18 Å². The molecule has 0 fully saturated rings. The number of alkyl halides is 3. The van der Waals surface area contributed by atoms with E-state index in [1.54, 1.807) is 30.5 Å². The van der Waals surface area contributed by atoms with Gasteiger partial charge in [0.25, 0.3) is 5.91 Å². The zero-order valence-electron chi connectivity index (χ0n) is 26.8. The lowest BCUT2D eigenvalue weighted by molar-refractivity contribution is -0.143. The molecule has 0 unspecified atom stereocenters. The maximum atomic E-state index is 15.3. The molecular weight excluding hydrogens is 656 g/mol. The van der Waals surface area contributed by atoms with Crippen molar-refractivity contribution >= 4 is 33.1 Å². The van der Waals surface area contributed by atoms with Crippen LogP contribution >= 0.6 is 11.3 Å². The summed E-state index contributed by atoms with van der Waals surface area (Å²) >= 11 is 1.46. The summed E-state index contributed by atoms with van der Waals surface area (Å²) in [5.41, 5.74) is 1.04. The van der Waals surface area contributed by atoms with Crippen LogP contribution in [0.5, 0.6) is 11.5 Å². The number of anilines is 1. The summed E-state index contributed by atoms with van der Waals surface area (Å²) in [5, 5.41) is 6.14. The molecule has 1 N–H and O–H groups in total. The molecule has 13 heteroatoms. The topological polar surface area (TPSA) is 75.5 Å². The number of nitrogens with one attached hydrogen (secondary N) is 1. The van der Waals surface area contributed by atoms with Gasteiger partial charge in [0.1, 0.15) is 5.75 Å². The van der Waals surface area contributed by atoms with E-state index in [1.807, 2.05) is 6.07 Å². The second kappa shape index (κ2) is 14.2. The standard InChI is InChI=1S/C36H32F4N6O2S/c1-44(2)17-18-45(3)22-23-9-11-24(12-10-23)32-20-29-33(49-32)31(15-16-41-29)48-30-14-13-25(19-28(30)37)43-35(47)27-21-42-46(34(27)36(38,39)40)26-7-5-4-6-8-26/h4-16,19-21H,17-18,22H2,1-3H3,(H,43,47). The van der Waals surface area contributed by atoms with Gasteiger partial charge in [0.05, 0.1) is 27.7 Å². The minimum Gasteiger partial charge on any atom is -0.453 e. The van der Waals surface area contributed by atoms with Crippen LogP contribution in [-0.2, 0) is 12.7 Å². The Kier molecular flexibility index (Phi) is 9.77. The molecule has 0 spiro atoms. The molecule has 6 aromatic rings. The van der Waals surface area contributed by atoms with Crippen LogP contribution in [0.1, 0.15) is 21.6 Å². The number of fused-ring (bicyclic) bond motifs is 1. The number of rotatable bonds is 11. The van der Waals surface area contributed by atoms with Gasteiger partial charge in [-0.15, -0.1) is 11.3 Å². The number of pyridine rings is 1. The zero-order chi connectivity index (χ0) is 34.7. The number of carbonyl (C=O) groups is 1. The van der Waals surface area contributed by atoms with Gasteiger partial charge in [-0.3, -0.25) is 9.78 Å². The molecule has 6 rings (SSSR count). The van der Waals surface area contributed by atoms with Crippen LogP contribution in [0, 0.1) is 5.82 Å². The van der Waals surface area contributed by atoms with Gasteiger partial charge in [0.2, 0.25) is 0 Å². The lowest BCUT2D eigenvalue weighted by atomic mass is 10.1. The third-order valence-corrected chi connectivity index (χ3v) is 8.88. The van der Waals surface area contributed by atoms with E-state index in [4.69, 9.17) is 4.74 Å². The molecule has 0 aliphatic carbocycles. The van der Waals surface area contributed by atoms with Gasteiger partial charge in [0.15, 0.2) is 17.3 Å². The first kappa shape index (κ1) is 33.8. The normalized spacial score (nSPS) is 11.9. The second-order valence-electron chi connectivity index (χ2n) is 11.7. The number of hydrogen-bond donors (Lipinski definition) is 1. The van der Waals surface area contributed by atoms with Crippen LogP contribution < -0.4 is 10.1 Å². The van der Waals surface area contributed by atoms with E-state index in [-0.39, 0.29) is 17.1 Å². The van der Waals surface area contributed by atoms with Crippen molar-refractivity contribution in [3.05, 3.63) is 120 Å². The van der Waals surface area contributed by atoms with Crippen molar-refractivity contribution in [1.29, 1.82) is 0 Å². The predicted octanol–water partition coefficient (Wildman–Crippen LogP) is 8.34. The van der Waals surface area contributed by atoms with Crippen molar-refractivity contribution in [3.8, 4) is 27.6 Å². The van der Waals surface area contributed by atoms with Crippen LogP contribution in [0.2, 0.25) is 0 Å². The summed E-state index contributed by atoms with van der Waals surface area (Å²) in [5.74, 6) is -1.65. The lowest BCUT2D eigenvalue weighted by Gasteiger charge is -2.19. The second-order valence-corrected chi connectivity index (χ2v) is 12.8.